The Bertz CT molecular complexity index is 989. The van der Waals surface area contributed by atoms with Gasteiger partial charge < -0.3 is 16.4 Å². The van der Waals surface area contributed by atoms with E-state index in [1.54, 1.807) is 13.2 Å². The fraction of sp³-hybridized carbons (Fsp3) is 0.227. The van der Waals surface area contributed by atoms with Crippen LogP contribution in [-0.2, 0) is 6.54 Å². The normalized spacial score (nSPS) is 17.9. The SMILES string of the molecule is CNC(=O)c1nc(-c2cccc(CNC3C[C@H]3c3ccccc3)c2)cnc1N. The molecule has 4 rings (SSSR count). The molecule has 142 valence electrons. The Morgan fingerprint density at radius 3 is 2.79 bits per heavy atom. The Morgan fingerprint density at radius 2 is 2.00 bits per heavy atom. The first kappa shape index (κ1) is 18.1. The van der Waals surface area contributed by atoms with Gasteiger partial charge in [-0.15, -0.1) is 0 Å². The van der Waals surface area contributed by atoms with Gasteiger partial charge in [-0.1, -0.05) is 48.5 Å². The van der Waals surface area contributed by atoms with Crippen LogP contribution in [0.4, 0.5) is 5.82 Å². The van der Waals surface area contributed by atoms with E-state index in [9.17, 15) is 4.79 Å². The second-order valence-electron chi connectivity index (χ2n) is 7.01. The fourth-order valence-electron chi connectivity index (χ4n) is 3.40. The molecule has 6 heteroatoms. The van der Waals surface area contributed by atoms with Crippen LogP contribution < -0.4 is 16.4 Å². The summed E-state index contributed by atoms with van der Waals surface area (Å²) < 4.78 is 0. The van der Waals surface area contributed by atoms with Gasteiger partial charge in [-0.05, 0) is 23.6 Å². The number of amides is 1. The highest BCUT2D eigenvalue weighted by molar-refractivity contribution is 5.96. The Kier molecular flexibility index (Phi) is 5.04. The summed E-state index contributed by atoms with van der Waals surface area (Å²) in [5.74, 6) is 0.384. The molecule has 1 fully saturated rings. The summed E-state index contributed by atoms with van der Waals surface area (Å²) >= 11 is 0. The number of nitrogens with one attached hydrogen (secondary N) is 2. The summed E-state index contributed by atoms with van der Waals surface area (Å²) in [6.07, 6.45) is 2.77. The number of carbonyl (C=O) groups excluding carboxylic acids is 1. The first-order valence-electron chi connectivity index (χ1n) is 9.38. The Balaban J connectivity index is 1.45. The van der Waals surface area contributed by atoms with Gasteiger partial charge in [0.25, 0.3) is 5.91 Å². The first-order valence-corrected chi connectivity index (χ1v) is 9.38. The highest BCUT2D eigenvalue weighted by atomic mass is 16.1. The van der Waals surface area contributed by atoms with E-state index in [1.807, 2.05) is 12.1 Å². The van der Waals surface area contributed by atoms with Crippen molar-refractivity contribution in [1.29, 1.82) is 0 Å². The molecule has 2 atom stereocenters. The second-order valence-corrected chi connectivity index (χ2v) is 7.01. The second kappa shape index (κ2) is 7.78. The van der Waals surface area contributed by atoms with Crippen molar-refractivity contribution >= 4 is 11.7 Å². The average Bonchev–Trinajstić information content (AvgIpc) is 3.53. The summed E-state index contributed by atoms with van der Waals surface area (Å²) in [6, 6.07) is 19.2. The van der Waals surface area contributed by atoms with Crippen LogP contribution in [0.15, 0.2) is 60.8 Å². The van der Waals surface area contributed by atoms with Gasteiger partial charge in [0.2, 0.25) is 0 Å². The third-order valence-corrected chi connectivity index (χ3v) is 5.05. The maximum atomic E-state index is 11.9. The van der Waals surface area contributed by atoms with Crippen LogP contribution >= 0.6 is 0 Å². The Morgan fingerprint density at radius 1 is 1.18 bits per heavy atom. The topological polar surface area (TPSA) is 92.9 Å². The van der Waals surface area contributed by atoms with Gasteiger partial charge in [0.1, 0.15) is 0 Å². The lowest BCUT2D eigenvalue weighted by molar-refractivity contribution is 0.0959. The molecule has 0 spiro atoms. The number of nitrogens with two attached hydrogens (primary N) is 1. The maximum absolute atomic E-state index is 11.9. The molecule has 1 saturated carbocycles. The number of rotatable bonds is 6. The largest absolute Gasteiger partial charge is 0.382 e. The van der Waals surface area contributed by atoms with Crippen molar-refractivity contribution < 1.29 is 4.79 Å². The van der Waals surface area contributed by atoms with Crippen molar-refractivity contribution in [1.82, 2.24) is 20.6 Å². The Labute approximate surface area is 164 Å². The summed E-state index contributed by atoms with van der Waals surface area (Å²) in [5, 5.41) is 6.17. The van der Waals surface area contributed by atoms with Gasteiger partial charge in [0.05, 0.1) is 11.9 Å². The Hall–Kier alpha value is -3.25. The van der Waals surface area contributed by atoms with Gasteiger partial charge in [-0.3, -0.25) is 4.79 Å². The van der Waals surface area contributed by atoms with Gasteiger partial charge in [0.15, 0.2) is 11.5 Å². The van der Waals surface area contributed by atoms with Gasteiger partial charge in [-0.25, -0.2) is 9.97 Å². The van der Waals surface area contributed by atoms with Gasteiger partial charge >= 0.3 is 0 Å². The first-order chi connectivity index (χ1) is 13.7. The third-order valence-electron chi connectivity index (χ3n) is 5.05. The molecular weight excluding hydrogens is 350 g/mol. The molecule has 0 radical (unpaired) electrons. The van der Waals surface area contributed by atoms with E-state index in [-0.39, 0.29) is 17.4 Å². The molecule has 3 aromatic rings. The van der Waals surface area contributed by atoms with Crippen LogP contribution in [-0.4, -0.2) is 29.0 Å². The number of anilines is 1. The molecule has 1 unspecified atom stereocenters. The number of benzene rings is 2. The zero-order valence-electron chi connectivity index (χ0n) is 15.7. The van der Waals surface area contributed by atoms with Gasteiger partial charge in [-0.2, -0.15) is 0 Å². The standard InChI is InChI=1S/C22H23N5O/c1-24-22(28)20-21(23)26-13-19(27-20)16-9-5-6-14(10-16)12-25-18-11-17(18)15-7-3-2-4-8-15/h2-10,13,17-18,25H,11-12H2,1H3,(H2,23,26)(H,24,28)/t17-,18?/m0/s1. The smallest absolute Gasteiger partial charge is 0.273 e. The minimum Gasteiger partial charge on any atom is -0.382 e. The maximum Gasteiger partial charge on any atom is 0.273 e. The molecule has 1 aliphatic rings. The zero-order valence-corrected chi connectivity index (χ0v) is 15.7. The summed E-state index contributed by atoms with van der Waals surface area (Å²) in [7, 11) is 1.54. The van der Waals surface area contributed by atoms with Crippen molar-refractivity contribution in [2.75, 3.05) is 12.8 Å². The van der Waals surface area contributed by atoms with Crippen LogP contribution in [0.3, 0.4) is 0 Å². The van der Waals surface area contributed by atoms with Crippen LogP contribution in [0, 0.1) is 0 Å². The van der Waals surface area contributed by atoms with E-state index >= 15 is 0 Å². The minimum atomic E-state index is -0.342. The lowest BCUT2D eigenvalue weighted by Crippen LogP contribution is -2.21. The van der Waals surface area contributed by atoms with E-state index in [1.165, 1.54) is 12.0 Å². The molecule has 2 aromatic carbocycles. The fourth-order valence-corrected chi connectivity index (χ4v) is 3.40. The number of carbonyl (C=O) groups is 1. The molecule has 1 aliphatic carbocycles. The molecule has 28 heavy (non-hydrogen) atoms. The molecule has 0 saturated heterocycles. The molecule has 1 amide bonds. The summed E-state index contributed by atoms with van der Waals surface area (Å²) in [4.78, 5) is 20.4. The molecular formula is C22H23N5O. The predicted octanol–water partition coefficient (Wildman–Crippen LogP) is 2.73. The van der Waals surface area contributed by atoms with E-state index in [2.05, 4.69) is 63.1 Å². The van der Waals surface area contributed by atoms with Crippen LogP contribution in [0.5, 0.6) is 0 Å². The van der Waals surface area contributed by atoms with E-state index in [0.717, 1.165) is 17.7 Å². The average molecular weight is 373 g/mol. The third kappa shape index (κ3) is 3.87. The van der Waals surface area contributed by atoms with E-state index in [0.29, 0.717) is 17.7 Å². The number of nitrogen functional groups attached to an aromatic ring is 1. The minimum absolute atomic E-state index is 0.126. The highest BCUT2D eigenvalue weighted by Crippen LogP contribution is 2.40. The lowest BCUT2D eigenvalue weighted by atomic mass is 10.1. The van der Waals surface area contributed by atoms with Crippen molar-refractivity contribution in [2.45, 2.75) is 24.9 Å². The van der Waals surface area contributed by atoms with Crippen molar-refractivity contribution in [2.24, 2.45) is 0 Å². The molecule has 0 aliphatic heterocycles. The van der Waals surface area contributed by atoms with E-state index in [4.69, 9.17) is 5.73 Å². The molecule has 1 aromatic heterocycles. The number of nitrogens with zero attached hydrogens (tertiary/aromatic N) is 2. The number of hydrogen-bond acceptors (Lipinski definition) is 5. The zero-order chi connectivity index (χ0) is 19.5. The molecule has 0 bridgehead atoms. The monoisotopic (exact) mass is 373 g/mol. The number of hydrogen-bond donors (Lipinski definition) is 3. The van der Waals surface area contributed by atoms with Gasteiger partial charge in [0, 0.05) is 31.1 Å². The van der Waals surface area contributed by atoms with Crippen LogP contribution in [0.1, 0.15) is 34.0 Å². The summed E-state index contributed by atoms with van der Waals surface area (Å²) in [6.45, 7) is 0.784. The van der Waals surface area contributed by atoms with Crippen LogP contribution in [0.25, 0.3) is 11.3 Å². The van der Waals surface area contributed by atoms with Crippen molar-refractivity contribution in [3.05, 3.63) is 77.6 Å². The highest BCUT2D eigenvalue weighted by Gasteiger charge is 2.37. The molecule has 6 nitrogen and oxygen atoms in total. The predicted molar refractivity (Wildman–Crippen MR) is 110 cm³/mol. The summed E-state index contributed by atoms with van der Waals surface area (Å²) in [5.41, 5.74) is 10.0. The van der Waals surface area contributed by atoms with Crippen molar-refractivity contribution in [3.63, 3.8) is 0 Å². The van der Waals surface area contributed by atoms with Crippen LogP contribution in [0.2, 0.25) is 0 Å². The molecule has 4 N–H and O–H groups in total. The molecule has 1 heterocycles. The number of aromatic nitrogens is 2. The quantitative estimate of drug-likeness (QED) is 0.618. The van der Waals surface area contributed by atoms with Crippen molar-refractivity contribution in [3.8, 4) is 11.3 Å². The lowest BCUT2D eigenvalue weighted by Gasteiger charge is -2.09. The van der Waals surface area contributed by atoms with E-state index < -0.39 is 0 Å².